The standard InChI is InChI=1S/C20H21N3O3/c1-13-5-8-15(9-6-13)18-19(20(26)21-11-3-4-17(24)25)23-12-14(2)7-10-16(23)22-18/h5-10,12H,3-4,11H2,1-2H3,(H,21,26)(H,24,25). The number of nitrogens with zero attached hydrogens (tertiary/aromatic N) is 2. The smallest absolute Gasteiger partial charge is 0.303 e. The molecule has 0 saturated carbocycles. The van der Waals surface area contributed by atoms with Crippen LogP contribution in [0.15, 0.2) is 42.6 Å². The minimum absolute atomic E-state index is 0.0252. The van der Waals surface area contributed by atoms with Crippen LogP contribution in [-0.4, -0.2) is 32.9 Å². The maximum absolute atomic E-state index is 12.8. The predicted octanol–water partition coefficient (Wildman–Crippen LogP) is 3.21. The number of carbonyl (C=O) groups is 2. The van der Waals surface area contributed by atoms with Crippen LogP contribution in [0.4, 0.5) is 0 Å². The Morgan fingerprint density at radius 2 is 1.77 bits per heavy atom. The fourth-order valence-electron chi connectivity index (χ4n) is 2.81. The minimum atomic E-state index is -0.870. The SMILES string of the molecule is Cc1ccc(-c2nc3ccc(C)cn3c2C(=O)NCCCC(=O)O)cc1. The van der Waals surface area contributed by atoms with Gasteiger partial charge in [-0.05, 0) is 31.9 Å². The number of aryl methyl sites for hydroxylation is 2. The van der Waals surface area contributed by atoms with E-state index in [0.29, 0.717) is 30.0 Å². The molecule has 0 saturated heterocycles. The number of carboxylic acids is 1. The number of fused-ring (bicyclic) bond motifs is 1. The van der Waals surface area contributed by atoms with E-state index >= 15 is 0 Å². The third-order valence-electron chi connectivity index (χ3n) is 4.16. The number of aliphatic carboxylic acids is 1. The van der Waals surface area contributed by atoms with E-state index in [1.807, 2.05) is 56.4 Å². The largest absolute Gasteiger partial charge is 0.481 e. The molecule has 0 atom stereocenters. The third-order valence-corrected chi connectivity index (χ3v) is 4.16. The van der Waals surface area contributed by atoms with E-state index in [4.69, 9.17) is 5.11 Å². The lowest BCUT2D eigenvalue weighted by Crippen LogP contribution is -2.26. The number of pyridine rings is 1. The lowest BCUT2D eigenvalue weighted by Gasteiger charge is -2.07. The molecule has 0 aliphatic heterocycles. The first kappa shape index (κ1) is 17.7. The zero-order valence-corrected chi connectivity index (χ0v) is 14.8. The number of carbonyl (C=O) groups excluding carboxylic acids is 1. The van der Waals surface area contributed by atoms with E-state index in [9.17, 15) is 9.59 Å². The van der Waals surface area contributed by atoms with Crippen LogP contribution >= 0.6 is 0 Å². The molecule has 6 heteroatoms. The van der Waals surface area contributed by atoms with Gasteiger partial charge < -0.3 is 10.4 Å². The van der Waals surface area contributed by atoms with Crippen LogP contribution in [0.1, 0.15) is 34.5 Å². The van der Waals surface area contributed by atoms with Gasteiger partial charge in [-0.25, -0.2) is 4.98 Å². The van der Waals surface area contributed by atoms with E-state index in [0.717, 1.165) is 16.7 Å². The van der Waals surface area contributed by atoms with Crippen molar-refractivity contribution in [2.75, 3.05) is 6.54 Å². The first-order valence-corrected chi connectivity index (χ1v) is 8.51. The van der Waals surface area contributed by atoms with Gasteiger partial charge in [0.25, 0.3) is 5.91 Å². The van der Waals surface area contributed by atoms with Crippen molar-refractivity contribution in [2.24, 2.45) is 0 Å². The molecule has 1 amide bonds. The fourth-order valence-corrected chi connectivity index (χ4v) is 2.81. The lowest BCUT2D eigenvalue weighted by atomic mass is 10.1. The number of hydrogen-bond acceptors (Lipinski definition) is 3. The molecular weight excluding hydrogens is 330 g/mol. The van der Waals surface area contributed by atoms with Crippen LogP contribution in [0.5, 0.6) is 0 Å². The maximum Gasteiger partial charge on any atom is 0.303 e. The maximum atomic E-state index is 12.8. The fraction of sp³-hybridized carbons (Fsp3) is 0.250. The van der Waals surface area contributed by atoms with Crippen LogP contribution in [0.2, 0.25) is 0 Å². The number of carboxylic acid groups (broad SMARTS) is 1. The number of nitrogens with one attached hydrogen (secondary N) is 1. The third kappa shape index (κ3) is 3.74. The highest BCUT2D eigenvalue weighted by atomic mass is 16.4. The van der Waals surface area contributed by atoms with Crippen LogP contribution in [-0.2, 0) is 4.79 Å². The Balaban J connectivity index is 1.99. The molecule has 0 bridgehead atoms. The van der Waals surface area contributed by atoms with E-state index in [2.05, 4.69) is 10.3 Å². The minimum Gasteiger partial charge on any atom is -0.481 e. The average molecular weight is 351 g/mol. The van der Waals surface area contributed by atoms with Crippen molar-refractivity contribution in [3.05, 3.63) is 59.4 Å². The van der Waals surface area contributed by atoms with Crippen molar-refractivity contribution in [1.82, 2.24) is 14.7 Å². The summed E-state index contributed by atoms with van der Waals surface area (Å²) in [7, 11) is 0. The Kier molecular flexibility index (Phi) is 5.02. The molecule has 2 N–H and O–H groups in total. The van der Waals surface area contributed by atoms with Crippen molar-refractivity contribution in [3.63, 3.8) is 0 Å². The zero-order valence-electron chi connectivity index (χ0n) is 14.8. The summed E-state index contributed by atoms with van der Waals surface area (Å²) in [6.45, 7) is 4.27. The van der Waals surface area contributed by atoms with Crippen LogP contribution in [0.3, 0.4) is 0 Å². The number of rotatable bonds is 6. The van der Waals surface area contributed by atoms with E-state index in [1.165, 1.54) is 0 Å². The molecular formula is C20H21N3O3. The molecule has 0 unspecified atom stereocenters. The van der Waals surface area contributed by atoms with Gasteiger partial charge in [0.2, 0.25) is 0 Å². The van der Waals surface area contributed by atoms with Crippen molar-refractivity contribution < 1.29 is 14.7 Å². The molecule has 2 aromatic heterocycles. The van der Waals surface area contributed by atoms with Crippen LogP contribution in [0.25, 0.3) is 16.9 Å². The normalized spacial score (nSPS) is 10.8. The molecule has 2 heterocycles. The van der Waals surface area contributed by atoms with Gasteiger partial charge >= 0.3 is 5.97 Å². The van der Waals surface area contributed by atoms with E-state index in [-0.39, 0.29) is 12.3 Å². The number of benzene rings is 1. The van der Waals surface area contributed by atoms with Gasteiger partial charge in [-0.1, -0.05) is 35.9 Å². The summed E-state index contributed by atoms with van der Waals surface area (Å²) < 4.78 is 1.79. The van der Waals surface area contributed by atoms with Crippen molar-refractivity contribution in [2.45, 2.75) is 26.7 Å². The van der Waals surface area contributed by atoms with Crippen molar-refractivity contribution >= 4 is 17.5 Å². The van der Waals surface area contributed by atoms with Crippen LogP contribution in [0, 0.1) is 13.8 Å². The molecule has 0 aliphatic rings. The predicted molar refractivity (Wildman–Crippen MR) is 99.3 cm³/mol. The van der Waals surface area contributed by atoms with Gasteiger partial charge in [0.1, 0.15) is 17.0 Å². The number of imidazole rings is 1. The zero-order chi connectivity index (χ0) is 18.7. The molecule has 3 aromatic rings. The topological polar surface area (TPSA) is 83.7 Å². The molecule has 3 rings (SSSR count). The van der Waals surface area contributed by atoms with E-state index in [1.54, 1.807) is 4.40 Å². The number of hydrogen-bond donors (Lipinski definition) is 2. The Bertz CT molecular complexity index is 958. The van der Waals surface area contributed by atoms with Gasteiger partial charge in [-0.15, -0.1) is 0 Å². The molecule has 26 heavy (non-hydrogen) atoms. The first-order chi connectivity index (χ1) is 12.5. The summed E-state index contributed by atoms with van der Waals surface area (Å²) in [4.78, 5) is 28.1. The van der Waals surface area contributed by atoms with E-state index < -0.39 is 5.97 Å². The second kappa shape index (κ2) is 7.39. The van der Waals surface area contributed by atoms with Gasteiger partial charge in [0.05, 0.1) is 0 Å². The monoisotopic (exact) mass is 351 g/mol. The van der Waals surface area contributed by atoms with Crippen molar-refractivity contribution in [1.29, 1.82) is 0 Å². The Hall–Kier alpha value is -3.15. The van der Waals surface area contributed by atoms with Crippen molar-refractivity contribution in [3.8, 4) is 11.3 Å². The Morgan fingerprint density at radius 3 is 2.46 bits per heavy atom. The first-order valence-electron chi connectivity index (χ1n) is 8.51. The average Bonchev–Trinajstić information content (AvgIpc) is 2.97. The summed E-state index contributed by atoms with van der Waals surface area (Å²) in [5, 5.41) is 11.5. The second-order valence-electron chi connectivity index (χ2n) is 6.36. The summed E-state index contributed by atoms with van der Waals surface area (Å²) >= 11 is 0. The highest BCUT2D eigenvalue weighted by molar-refractivity contribution is 5.99. The van der Waals surface area contributed by atoms with Gasteiger partial charge in [0.15, 0.2) is 0 Å². The van der Waals surface area contributed by atoms with Crippen LogP contribution < -0.4 is 5.32 Å². The van der Waals surface area contributed by atoms with Gasteiger partial charge in [0, 0.05) is 24.7 Å². The quantitative estimate of drug-likeness (QED) is 0.668. The summed E-state index contributed by atoms with van der Waals surface area (Å²) in [6, 6.07) is 11.7. The molecule has 0 fully saturated rings. The number of aromatic nitrogens is 2. The molecule has 0 radical (unpaired) electrons. The molecule has 1 aromatic carbocycles. The lowest BCUT2D eigenvalue weighted by molar-refractivity contribution is -0.137. The molecule has 6 nitrogen and oxygen atoms in total. The highest BCUT2D eigenvalue weighted by Crippen LogP contribution is 2.25. The molecule has 134 valence electrons. The second-order valence-corrected chi connectivity index (χ2v) is 6.36. The summed E-state index contributed by atoms with van der Waals surface area (Å²) in [5.41, 5.74) is 4.79. The molecule has 0 spiro atoms. The summed E-state index contributed by atoms with van der Waals surface area (Å²) in [5.74, 6) is -1.13. The Labute approximate surface area is 151 Å². The summed E-state index contributed by atoms with van der Waals surface area (Å²) in [6.07, 6.45) is 2.29. The highest BCUT2D eigenvalue weighted by Gasteiger charge is 2.20. The molecule has 0 aliphatic carbocycles. The Morgan fingerprint density at radius 1 is 1.08 bits per heavy atom. The van der Waals surface area contributed by atoms with Gasteiger partial charge in [-0.3, -0.25) is 14.0 Å². The van der Waals surface area contributed by atoms with Gasteiger partial charge in [-0.2, -0.15) is 0 Å². The number of amides is 1.